The maximum absolute atomic E-state index is 13.5. The number of para-hydroxylation sites is 2. The van der Waals surface area contributed by atoms with Gasteiger partial charge in [-0.15, -0.1) is 0 Å². The van der Waals surface area contributed by atoms with E-state index in [2.05, 4.69) is 15.1 Å². The Bertz CT molecular complexity index is 1850. The van der Waals surface area contributed by atoms with Crippen molar-refractivity contribution in [2.24, 2.45) is 5.10 Å². The molecule has 0 aliphatic rings. The highest BCUT2D eigenvalue weighted by Crippen LogP contribution is 2.35. The Balaban J connectivity index is 1.64. The standard InChI is InChI=1S/C28H18F3N5O5/c1-40-23-11-5-7-18(25(23)41-24-13-12-20(16-32-24)36(38)39)15-33-35-26(17-6-4-8-19(14-17)28(29,30)31)34-22-10-3-2-9-21(22)27(35)37/h2-16H,1H3. The summed E-state index contributed by atoms with van der Waals surface area (Å²) in [6, 6.07) is 18.2. The van der Waals surface area contributed by atoms with Gasteiger partial charge >= 0.3 is 6.18 Å². The van der Waals surface area contributed by atoms with Gasteiger partial charge in [0.05, 0.1) is 34.7 Å². The molecular weight excluding hydrogens is 543 g/mol. The number of nitrogens with zero attached hydrogens (tertiary/aromatic N) is 5. The second-order valence-corrected chi connectivity index (χ2v) is 8.49. The van der Waals surface area contributed by atoms with E-state index in [-0.39, 0.29) is 45.4 Å². The molecule has 0 saturated carbocycles. The lowest BCUT2D eigenvalue weighted by atomic mass is 10.1. The molecule has 0 unspecified atom stereocenters. The number of alkyl halides is 3. The Morgan fingerprint density at radius 2 is 1.80 bits per heavy atom. The molecular formula is C28H18F3N5O5. The summed E-state index contributed by atoms with van der Waals surface area (Å²) in [5.74, 6) is 0.293. The number of hydrogen-bond donors (Lipinski definition) is 0. The van der Waals surface area contributed by atoms with Crippen LogP contribution in [0.4, 0.5) is 18.9 Å². The maximum Gasteiger partial charge on any atom is 0.416 e. The van der Waals surface area contributed by atoms with Crippen molar-refractivity contribution < 1.29 is 27.6 Å². The third-order valence-corrected chi connectivity index (χ3v) is 5.88. The van der Waals surface area contributed by atoms with Crippen LogP contribution in [0.25, 0.3) is 22.3 Å². The fourth-order valence-electron chi connectivity index (χ4n) is 3.92. The van der Waals surface area contributed by atoms with Crippen molar-refractivity contribution in [3.8, 4) is 28.8 Å². The van der Waals surface area contributed by atoms with Crippen LogP contribution in [-0.4, -0.2) is 32.9 Å². The Kier molecular flexibility index (Phi) is 7.17. The topological polar surface area (TPSA) is 122 Å². The highest BCUT2D eigenvalue weighted by atomic mass is 19.4. The number of aromatic nitrogens is 3. The van der Waals surface area contributed by atoms with Crippen molar-refractivity contribution >= 4 is 22.8 Å². The summed E-state index contributed by atoms with van der Waals surface area (Å²) in [5, 5.41) is 15.5. The number of ether oxygens (including phenoxy) is 2. The van der Waals surface area contributed by atoms with Gasteiger partial charge < -0.3 is 9.47 Å². The summed E-state index contributed by atoms with van der Waals surface area (Å²) in [5.41, 5.74) is -1.14. The van der Waals surface area contributed by atoms with Crippen LogP contribution in [0.3, 0.4) is 0 Å². The van der Waals surface area contributed by atoms with Gasteiger partial charge in [-0.3, -0.25) is 14.9 Å². The summed E-state index contributed by atoms with van der Waals surface area (Å²) in [6.45, 7) is 0. The molecule has 10 nitrogen and oxygen atoms in total. The van der Waals surface area contributed by atoms with Gasteiger partial charge in [0.25, 0.3) is 11.2 Å². The Morgan fingerprint density at radius 1 is 1.02 bits per heavy atom. The molecule has 13 heteroatoms. The molecule has 0 amide bonds. The summed E-state index contributed by atoms with van der Waals surface area (Å²) in [4.78, 5) is 32.2. The molecule has 0 bridgehead atoms. The van der Waals surface area contributed by atoms with Crippen LogP contribution >= 0.6 is 0 Å². The van der Waals surface area contributed by atoms with E-state index < -0.39 is 22.2 Å². The average Bonchev–Trinajstić information content (AvgIpc) is 2.97. The summed E-state index contributed by atoms with van der Waals surface area (Å²) >= 11 is 0. The minimum atomic E-state index is -4.61. The van der Waals surface area contributed by atoms with E-state index in [4.69, 9.17) is 9.47 Å². The number of nitro groups is 1. The first-order chi connectivity index (χ1) is 19.7. The highest BCUT2D eigenvalue weighted by Gasteiger charge is 2.31. The molecule has 0 N–H and O–H groups in total. The lowest BCUT2D eigenvalue weighted by Gasteiger charge is -2.13. The second kappa shape index (κ2) is 10.9. The van der Waals surface area contributed by atoms with Crippen molar-refractivity contribution in [1.29, 1.82) is 0 Å². The molecule has 5 rings (SSSR count). The van der Waals surface area contributed by atoms with Gasteiger partial charge in [-0.2, -0.15) is 22.9 Å². The molecule has 0 aliphatic heterocycles. The van der Waals surface area contributed by atoms with Gasteiger partial charge in [0.15, 0.2) is 17.3 Å². The molecule has 5 aromatic rings. The van der Waals surface area contributed by atoms with E-state index in [1.54, 1.807) is 36.4 Å². The number of benzene rings is 3. The van der Waals surface area contributed by atoms with Crippen LogP contribution in [0.2, 0.25) is 0 Å². The van der Waals surface area contributed by atoms with Crippen molar-refractivity contribution in [2.45, 2.75) is 6.18 Å². The van der Waals surface area contributed by atoms with E-state index >= 15 is 0 Å². The normalized spacial score (nSPS) is 11.6. The fraction of sp³-hybridized carbons (Fsp3) is 0.0714. The fourth-order valence-corrected chi connectivity index (χ4v) is 3.92. The average molecular weight is 561 g/mol. The molecule has 0 saturated heterocycles. The van der Waals surface area contributed by atoms with Crippen molar-refractivity contribution in [3.05, 3.63) is 117 Å². The van der Waals surface area contributed by atoms with Crippen molar-refractivity contribution in [2.75, 3.05) is 7.11 Å². The smallest absolute Gasteiger partial charge is 0.416 e. The maximum atomic E-state index is 13.5. The van der Waals surface area contributed by atoms with E-state index in [9.17, 15) is 28.1 Å². The zero-order valence-corrected chi connectivity index (χ0v) is 21.1. The van der Waals surface area contributed by atoms with Gasteiger partial charge in [-0.1, -0.05) is 30.3 Å². The number of hydrogen-bond acceptors (Lipinski definition) is 8. The predicted octanol–water partition coefficient (Wildman–Crippen LogP) is 6.07. The Morgan fingerprint density at radius 3 is 2.51 bits per heavy atom. The quantitative estimate of drug-likeness (QED) is 0.134. The molecule has 0 radical (unpaired) electrons. The van der Waals surface area contributed by atoms with E-state index in [1.807, 2.05) is 0 Å². The molecule has 0 atom stereocenters. The first-order valence-electron chi connectivity index (χ1n) is 11.8. The summed E-state index contributed by atoms with van der Waals surface area (Å²) in [6.07, 6.45) is -2.32. The number of methoxy groups -OCH3 is 1. The monoisotopic (exact) mass is 561 g/mol. The third kappa shape index (κ3) is 5.59. The first-order valence-corrected chi connectivity index (χ1v) is 11.8. The number of halogens is 3. The van der Waals surface area contributed by atoms with E-state index in [0.717, 1.165) is 23.0 Å². The van der Waals surface area contributed by atoms with Gasteiger partial charge in [-0.25, -0.2) is 9.97 Å². The zero-order valence-electron chi connectivity index (χ0n) is 21.1. The first kappa shape index (κ1) is 27.0. The Labute approximate surface area is 229 Å². The number of pyridine rings is 1. The summed E-state index contributed by atoms with van der Waals surface area (Å²) in [7, 11) is 1.40. The number of fused-ring (bicyclic) bond motifs is 1. The molecule has 206 valence electrons. The predicted molar refractivity (Wildman–Crippen MR) is 143 cm³/mol. The van der Waals surface area contributed by atoms with Crippen LogP contribution in [0.5, 0.6) is 17.4 Å². The molecule has 3 aromatic carbocycles. The lowest BCUT2D eigenvalue weighted by Crippen LogP contribution is -2.20. The number of rotatable bonds is 7. The SMILES string of the molecule is COc1cccc(C=Nn2c(-c3cccc(C(F)(F)F)c3)nc3ccccc3c2=O)c1Oc1ccc([N+](=O)[O-])cn1. The van der Waals surface area contributed by atoms with Crippen LogP contribution in [-0.2, 0) is 6.18 Å². The van der Waals surface area contributed by atoms with Gasteiger partial charge in [-0.05, 0) is 36.4 Å². The van der Waals surface area contributed by atoms with Gasteiger partial charge in [0.1, 0.15) is 6.20 Å². The highest BCUT2D eigenvalue weighted by molar-refractivity contribution is 5.86. The lowest BCUT2D eigenvalue weighted by molar-refractivity contribution is -0.385. The molecule has 41 heavy (non-hydrogen) atoms. The molecule has 0 fully saturated rings. The molecule has 2 aromatic heterocycles. The third-order valence-electron chi connectivity index (χ3n) is 5.88. The summed E-state index contributed by atoms with van der Waals surface area (Å²) < 4.78 is 52.5. The Hall–Kier alpha value is -5.59. The van der Waals surface area contributed by atoms with Crippen LogP contribution in [0, 0.1) is 10.1 Å². The van der Waals surface area contributed by atoms with Crippen molar-refractivity contribution in [3.63, 3.8) is 0 Å². The van der Waals surface area contributed by atoms with Crippen LogP contribution in [0.1, 0.15) is 11.1 Å². The second-order valence-electron chi connectivity index (χ2n) is 8.49. The molecule has 0 spiro atoms. The molecule has 0 aliphatic carbocycles. The van der Waals surface area contributed by atoms with E-state index in [0.29, 0.717) is 5.56 Å². The van der Waals surface area contributed by atoms with Crippen LogP contribution in [0.15, 0.2) is 95.0 Å². The minimum Gasteiger partial charge on any atom is -0.493 e. The van der Waals surface area contributed by atoms with Crippen molar-refractivity contribution in [1.82, 2.24) is 14.6 Å². The molecule has 2 heterocycles. The zero-order chi connectivity index (χ0) is 29.1. The minimum absolute atomic E-state index is 0.0175. The van der Waals surface area contributed by atoms with Crippen LogP contribution < -0.4 is 15.0 Å². The largest absolute Gasteiger partial charge is 0.493 e. The van der Waals surface area contributed by atoms with E-state index in [1.165, 1.54) is 43.7 Å². The van der Waals surface area contributed by atoms with Gasteiger partial charge in [0.2, 0.25) is 5.88 Å². The van der Waals surface area contributed by atoms with Gasteiger partial charge in [0, 0.05) is 23.3 Å².